The molecule has 0 radical (unpaired) electrons. The maximum atomic E-state index is 10.1. The SMILES string of the molecule is Oc1ccc(Cc2c(O)ccc3ccccc23)cc1. The number of hydrogen-bond acceptors (Lipinski definition) is 2. The molecule has 94 valence electrons. The van der Waals surface area contributed by atoms with Gasteiger partial charge in [-0.05, 0) is 34.5 Å². The van der Waals surface area contributed by atoms with Crippen LogP contribution in [0.4, 0.5) is 0 Å². The molecule has 0 spiro atoms. The predicted molar refractivity (Wildman–Crippen MR) is 76.5 cm³/mol. The summed E-state index contributed by atoms with van der Waals surface area (Å²) in [4.78, 5) is 0. The summed E-state index contributed by atoms with van der Waals surface area (Å²) in [5, 5.41) is 21.6. The molecule has 19 heavy (non-hydrogen) atoms. The summed E-state index contributed by atoms with van der Waals surface area (Å²) in [6.07, 6.45) is 0.646. The summed E-state index contributed by atoms with van der Waals surface area (Å²) in [6.45, 7) is 0. The second kappa shape index (κ2) is 4.65. The summed E-state index contributed by atoms with van der Waals surface area (Å²) in [7, 11) is 0. The van der Waals surface area contributed by atoms with Gasteiger partial charge in [0.25, 0.3) is 0 Å². The zero-order chi connectivity index (χ0) is 13.2. The molecular weight excluding hydrogens is 236 g/mol. The average Bonchev–Trinajstić information content (AvgIpc) is 2.44. The molecular formula is C17H14O2. The summed E-state index contributed by atoms with van der Waals surface area (Å²) < 4.78 is 0. The Bertz CT molecular complexity index is 715. The minimum absolute atomic E-state index is 0.255. The van der Waals surface area contributed by atoms with Crippen molar-refractivity contribution in [3.63, 3.8) is 0 Å². The van der Waals surface area contributed by atoms with E-state index in [0.717, 1.165) is 21.9 Å². The fraction of sp³-hybridized carbons (Fsp3) is 0.0588. The highest BCUT2D eigenvalue weighted by molar-refractivity contribution is 5.88. The van der Waals surface area contributed by atoms with Gasteiger partial charge in [0, 0.05) is 12.0 Å². The molecule has 0 aliphatic carbocycles. The Morgan fingerprint density at radius 3 is 2.26 bits per heavy atom. The zero-order valence-corrected chi connectivity index (χ0v) is 10.4. The van der Waals surface area contributed by atoms with Gasteiger partial charge in [0.1, 0.15) is 11.5 Å². The van der Waals surface area contributed by atoms with Crippen molar-refractivity contribution in [2.45, 2.75) is 6.42 Å². The van der Waals surface area contributed by atoms with Crippen LogP contribution in [0.25, 0.3) is 10.8 Å². The number of benzene rings is 3. The average molecular weight is 250 g/mol. The standard InChI is InChI=1S/C17H14O2/c18-14-8-5-12(6-9-14)11-16-15-4-2-1-3-13(15)7-10-17(16)19/h1-10,18-19H,11H2. The molecule has 3 rings (SSSR count). The summed E-state index contributed by atoms with van der Waals surface area (Å²) in [5.41, 5.74) is 1.98. The van der Waals surface area contributed by atoms with Crippen LogP contribution in [-0.2, 0) is 6.42 Å². The van der Waals surface area contributed by atoms with Gasteiger partial charge in [-0.15, -0.1) is 0 Å². The van der Waals surface area contributed by atoms with Crippen LogP contribution >= 0.6 is 0 Å². The molecule has 0 fully saturated rings. The van der Waals surface area contributed by atoms with Gasteiger partial charge in [-0.1, -0.05) is 42.5 Å². The van der Waals surface area contributed by atoms with Crippen molar-refractivity contribution in [2.75, 3.05) is 0 Å². The van der Waals surface area contributed by atoms with E-state index < -0.39 is 0 Å². The molecule has 0 atom stereocenters. The van der Waals surface area contributed by atoms with E-state index in [1.807, 2.05) is 42.5 Å². The van der Waals surface area contributed by atoms with Crippen LogP contribution in [0.5, 0.6) is 11.5 Å². The molecule has 2 N–H and O–H groups in total. The van der Waals surface area contributed by atoms with E-state index in [4.69, 9.17) is 0 Å². The number of phenols is 2. The highest BCUT2D eigenvalue weighted by Gasteiger charge is 2.07. The Balaban J connectivity index is 2.09. The molecule has 0 aliphatic heterocycles. The third-order valence-electron chi connectivity index (χ3n) is 3.33. The van der Waals surface area contributed by atoms with Gasteiger partial charge in [0.05, 0.1) is 0 Å². The first-order valence-corrected chi connectivity index (χ1v) is 6.21. The van der Waals surface area contributed by atoms with E-state index >= 15 is 0 Å². The lowest BCUT2D eigenvalue weighted by molar-refractivity contribution is 0.470. The predicted octanol–water partition coefficient (Wildman–Crippen LogP) is 3.84. The molecule has 2 nitrogen and oxygen atoms in total. The van der Waals surface area contributed by atoms with Gasteiger partial charge in [0.15, 0.2) is 0 Å². The van der Waals surface area contributed by atoms with Crippen LogP contribution in [0.15, 0.2) is 60.7 Å². The van der Waals surface area contributed by atoms with E-state index in [1.165, 1.54) is 0 Å². The molecule has 0 bridgehead atoms. The highest BCUT2D eigenvalue weighted by atomic mass is 16.3. The van der Waals surface area contributed by atoms with Gasteiger partial charge in [-0.25, -0.2) is 0 Å². The first kappa shape index (κ1) is 11.6. The van der Waals surface area contributed by atoms with Crippen molar-refractivity contribution in [1.82, 2.24) is 0 Å². The maximum absolute atomic E-state index is 10.1. The lowest BCUT2D eigenvalue weighted by Crippen LogP contribution is -1.90. The second-order valence-electron chi connectivity index (χ2n) is 4.63. The van der Waals surface area contributed by atoms with Crippen LogP contribution in [0.2, 0.25) is 0 Å². The second-order valence-corrected chi connectivity index (χ2v) is 4.63. The fourth-order valence-corrected chi connectivity index (χ4v) is 2.33. The molecule has 0 saturated heterocycles. The van der Waals surface area contributed by atoms with E-state index in [0.29, 0.717) is 12.2 Å². The van der Waals surface area contributed by atoms with Crippen molar-refractivity contribution in [3.8, 4) is 11.5 Å². The molecule has 3 aromatic carbocycles. The van der Waals surface area contributed by atoms with Gasteiger partial charge in [0.2, 0.25) is 0 Å². The molecule has 0 aromatic heterocycles. The zero-order valence-electron chi connectivity index (χ0n) is 10.4. The van der Waals surface area contributed by atoms with E-state index in [2.05, 4.69) is 0 Å². The van der Waals surface area contributed by atoms with Crippen molar-refractivity contribution >= 4 is 10.8 Å². The quantitative estimate of drug-likeness (QED) is 0.725. The molecule has 0 unspecified atom stereocenters. The molecule has 2 heteroatoms. The summed E-state index contributed by atoms with van der Waals surface area (Å²) in [5.74, 6) is 0.567. The summed E-state index contributed by atoms with van der Waals surface area (Å²) >= 11 is 0. The van der Waals surface area contributed by atoms with E-state index in [-0.39, 0.29) is 5.75 Å². The normalized spacial score (nSPS) is 10.7. The van der Waals surface area contributed by atoms with Crippen LogP contribution < -0.4 is 0 Å². The van der Waals surface area contributed by atoms with Crippen LogP contribution in [0.3, 0.4) is 0 Å². The first-order chi connectivity index (χ1) is 9.24. The number of hydrogen-bond donors (Lipinski definition) is 2. The Kier molecular flexibility index (Phi) is 2.84. The molecule has 3 aromatic rings. The highest BCUT2D eigenvalue weighted by Crippen LogP contribution is 2.29. The van der Waals surface area contributed by atoms with E-state index in [9.17, 15) is 10.2 Å². The van der Waals surface area contributed by atoms with Crippen LogP contribution in [0.1, 0.15) is 11.1 Å². The number of fused-ring (bicyclic) bond motifs is 1. The molecule has 0 amide bonds. The monoisotopic (exact) mass is 250 g/mol. The number of phenolic OH excluding ortho intramolecular Hbond substituents is 2. The Labute approximate surface area is 111 Å². The van der Waals surface area contributed by atoms with Gasteiger partial charge in [-0.3, -0.25) is 0 Å². The van der Waals surface area contributed by atoms with Gasteiger partial charge in [-0.2, -0.15) is 0 Å². The lowest BCUT2D eigenvalue weighted by atomic mass is 9.97. The van der Waals surface area contributed by atoms with Gasteiger partial charge >= 0.3 is 0 Å². The number of aromatic hydroxyl groups is 2. The van der Waals surface area contributed by atoms with Crippen LogP contribution in [-0.4, -0.2) is 10.2 Å². The third-order valence-corrected chi connectivity index (χ3v) is 3.33. The van der Waals surface area contributed by atoms with Crippen LogP contribution in [0, 0.1) is 0 Å². The summed E-state index contributed by atoms with van der Waals surface area (Å²) in [6, 6.07) is 18.7. The van der Waals surface area contributed by atoms with Crippen molar-refractivity contribution in [1.29, 1.82) is 0 Å². The molecule has 0 heterocycles. The van der Waals surface area contributed by atoms with E-state index in [1.54, 1.807) is 18.2 Å². The maximum Gasteiger partial charge on any atom is 0.119 e. The largest absolute Gasteiger partial charge is 0.508 e. The molecule has 0 aliphatic rings. The topological polar surface area (TPSA) is 40.5 Å². The Hall–Kier alpha value is -2.48. The minimum atomic E-state index is 0.255. The number of rotatable bonds is 2. The first-order valence-electron chi connectivity index (χ1n) is 6.21. The van der Waals surface area contributed by atoms with Gasteiger partial charge < -0.3 is 10.2 Å². The minimum Gasteiger partial charge on any atom is -0.508 e. The lowest BCUT2D eigenvalue weighted by Gasteiger charge is -2.09. The fourth-order valence-electron chi connectivity index (χ4n) is 2.33. The third kappa shape index (κ3) is 2.25. The van der Waals surface area contributed by atoms with Crippen molar-refractivity contribution < 1.29 is 10.2 Å². The Morgan fingerprint density at radius 2 is 1.47 bits per heavy atom. The van der Waals surface area contributed by atoms with Crippen molar-refractivity contribution in [2.24, 2.45) is 0 Å². The smallest absolute Gasteiger partial charge is 0.119 e. The van der Waals surface area contributed by atoms with Crippen molar-refractivity contribution in [3.05, 3.63) is 71.8 Å². The molecule has 0 saturated carbocycles. The Morgan fingerprint density at radius 1 is 0.737 bits per heavy atom.